The van der Waals surface area contributed by atoms with E-state index in [2.05, 4.69) is 38.0 Å². The lowest BCUT2D eigenvalue weighted by Gasteiger charge is -2.65. The summed E-state index contributed by atoms with van der Waals surface area (Å²) in [5.41, 5.74) is 1.33. The number of nitrogens with one attached hydrogen (secondary N) is 1. The number of aromatic nitrogens is 1. The molecule has 13 nitrogen and oxygen atoms in total. The number of rotatable bonds is 6. The lowest BCUT2D eigenvalue weighted by atomic mass is 9.49. The molecule has 15 heteroatoms. The first-order valence-electron chi connectivity index (χ1n) is 20.3. The Balaban J connectivity index is 0.792. The number of hydrogen-bond acceptors (Lipinski definition) is 10. The summed E-state index contributed by atoms with van der Waals surface area (Å²) in [5, 5.41) is 11.8. The van der Waals surface area contributed by atoms with Crippen molar-refractivity contribution in [2.75, 3.05) is 31.1 Å². The zero-order valence-corrected chi connectivity index (χ0v) is 34.4. The summed E-state index contributed by atoms with van der Waals surface area (Å²) >= 11 is 6.26. The molecule has 60 heavy (non-hydrogen) atoms. The van der Waals surface area contributed by atoms with Gasteiger partial charge in [-0.25, -0.2) is 9.37 Å². The van der Waals surface area contributed by atoms with Crippen molar-refractivity contribution in [2.24, 2.45) is 16.7 Å². The molecule has 1 atom stereocenters. The molecule has 0 radical (unpaired) electrons. The third kappa shape index (κ3) is 6.31. The van der Waals surface area contributed by atoms with Gasteiger partial charge in [-0.3, -0.25) is 39.1 Å². The fourth-order valence-corrected chi connectivity index (χ4v) is 10.9. The Morgan fingerprint density at radius 3 is 2.32 bits per heavy atom. The van der Waals surface area contributed by atoms with Crippen molar-refractivity contribution in [1.29, 1.82) is 5.26 Å². The zero-order valence-electron chi connectivity index (χ0n) is 33.7. The van der Waals surface area contributed by atoms with Gasteiger partial charge in [0.15, 0.2) is 5.82 Å². The van der Waals surface area contributed by atoms with Crippen molar-refractivity contribution in [1.82, 2.24) is 25.0 Å². The van der Waals surface area contributed by atoms with Gasteiger partial charge in [0.05, 0.1) is 33.8 Å². The molecule has 0 spiro atoms. The minimum Gasteiger partial charge on any atom is -0.489 e. The third-order valence-electron chi connectivity index (χ3n) is 13.4. The molecule has 6 aliphatic rings. The topological polar surface area (TPSA) is 156 Å². The number of benzene rings is 2. The molecule has 1 aromatic heterocycles. The minimum absolute atomic E-state index is 0.0428. The van der Waals surface area contributed by atoms with Crippen LogP contribution in [0.4, 0.5) is 10.1 Å². The number of piperidine rings is 2. The van der Waals surface area contributed by atoms with Crippen LogP contribution in [-0.2, 0) is 16.1 Å². The summed E-state index contributed by atoms with van der Waals surface area (Å²) in [4.78, 5) is 75.8. The lowest BCUT2D eigenvalue weighted by Crippen LogP contribution is -2.74. The van der Waals surface area contributed by atoms with Crippen molar-refractivity contribution in [3.63, 3.8) is 0 Å². The Hall–Kier alpha value is -5.83. The number of carbonyl (C=O) groups is 5. The number of likely N-dealkylation sites (tertiary alicyclic amines) is 1. The molecule has 3 aromatic rings. The van der Waals surface area contributed by atoms with Crippen LogP contribution in [0, 0.1) is 45.7 Å². The Morgan fingerprint density at radius 1 is 0.917 bits per heavy atom. The van der Waals surface area contributed by atoms with Gasteiger partial charge < -0.3 is 14.5 Å². The molecule has 0 bridgehead atoms. The Bertz CT molecular complexity index is 2490. The molecule has 4 fully saturated rings. The number of halogens is 2. The number of pyridine rings is 1. The minimum atomic E-state index is -1.00. The fourth-order valence-electron chi connectivity index (χ4n) is 10.7. The average Bonchev–Trinajstić information content (AvgIpc) is 3.64. The maximum atomic E-state index is 16.1. The van der Waals surface area contributed by atoms with Crippen LogP contribution in [0.25, 0.3) is 0 Å². The van der Waals surface area contributed by atoms with E-state index in [0.717, 1.165) is 49.6 Å². The van der Waals surface area contributed by atoms with E-state index in [1.165, 1.54) is 6.20 Å². The number of hydrogen-bond donors (Lipinski definition) is 1. The highest BCUT2D eigenvalue weighted by Gasteiger charge is 2.67. The number of carbonyl (C=O) groups excluding carboxylic acids is 5. The highest BCUT2D eigenvalue weighted by molar-refractivity contribution is 6.31. The monoisotopic (exact) mass is 831 g/mol. The quantitative estimate of drug-likeness (QED) is 0.267. The van der Waals surface area contributed by atoms with Gasteiger partial charge in [-0.2, -0.15) is 5.26 Å². The molecule has 6 heterocycles. The van der Waals surface area contributed by atoms with E-state index < -0.39 is 46.3 Å². The van der Waals surface area contributed by atoms with E-state index in [-0.39, 0.29) is 65.7 Å². The van der Waals surface area contributed by atoms with Crippen molar-refractivity contribution in [3.8, 4) is 23.7 Å². The zero-order chi connectivity index (χ0) is 42.4. The van der Waals surface area contributed by atoms with Crippen molar-refractivity contribution < 1.29 is 33.1 Å². The molecular formula is C45H43ClFN7O6. The average molecular weight is 832 g/mol. The molecule has 2 aromatic carbocycles. The number of anilines is 1. The SMILES string of the molecule is CC1(C)[C@H](Oc2ccc(C#N)c(Cl)c2)C(C)(C)[C@H]1N1Cc2c(cnc(C#CC3CCN(C4CN(c5ccc6c(c5)C(=O)N(C5CCC(=O)NC5=O)C6=O)C4)CC3)c2F)C1=O. The second-order valence-electron chi connectivity index (χ2n) is 17.9. The summed E-state index contributed by atoms with van der Waals surface area (Å²) in [5.74, 6) is 3.95. The van der Waals surface area contributed by atoms with Crippen LogP contribution in [0.1, 0.15) is 101 Å². The first-order chi connectivity index (χ1) is 28.6. The predicted molar refractivity (Wildman–Crippen MR) is 216 cm³/mol. The molecule has 1 aliphatic carbocycles. The third-order valence-corrected chi connectivity index (χ3v) is 13.7. The van der Waals surface area contributed by atoms with Gasteiger partial charge in [-0.15, -0.1) is 0 Å². The predicted octanol–water partition coefficient (Wildman–Crippen LogP) is 4.94. The van der Waals surface area contributed by atoms with E-state index in [0.29, 0.717) is 27.9 Å². The van der Waals surface area contributed by atoms with E-state index in [4.69, 9.17) is 16.3 Å². The summed E-state index contributed by atoms with van der Waals surface area (Å²) in [6, 6.07) is 11.2. The first-order valence-corrected chi connectivity index (χ1v) is 20.7. The van der Waals surface area contributed by atoms with Gasteiger partial charge in [0.1, 0.15) is 29.7 Å². The number of ether oxygens (including phenoxy) is 1. The number of nitrogens with zero attached hydrogens (tertiary/aromatic N) is 6. The highest BCUT2D eigenvalue weighted by Crippen LogP contribution is 2.59. The first kappa shape index (κ1) is 39.6. The molecule has 308 valence electrons. The van der Waals surface area contributed by atoms with Gasteiger partial charge in [0.25, 0.3) is 17.7 Å². The number of nitriles is 1. The molecule has 9 rings (SSSR count). The van der Waals surface area contributed by atoms with Crippen LogP contribution in [0.2, 0.25) is 5.02 Å². The summed E-state index contributed by atoms with van der Waals surface area (Å²) in [7, 11) is 0. The van der Waals surface area contributed by atoms with Gasteiger partial charge in [-0.1, -0.05) is 45.2 Å². The molecule has 1 unspecified atom stereocenters. The summed E-state index contributed by atoms with van der Waals surface area (Å²) in [6.45, 7) is 11.4. The van der Waals surface area contributed by atoms with Gasteiger partial charge in [0.2, 0.25) is 11.8 Å². The van der Waals surface area contributed by atoms with E-state index >= 15 is 4.39 Å². The van der Waals surface area contributed by atoms with Crippen molar-refractivity contribution >= 4 is 46.8 Å². The van der Waals surface area contributed by atoms with Crippen LogP contribution in [0.3, 0.4) is 0 Å². The van der Waals surface area contributed by atoms with Crippen molar-refractivity contribution in [2.45, 2.75) is 84.2 Å². The fraction of sp³-hybridized carbons (Fsp3) is 0.444. The molecule has 1 saturated carbocycles. The van der Waals surface area contributed by atoms with Gasteiger partial charge >= 0.3 is 0 Å². The van der Waals surface area contributed by atoms with Crippen LogP contribution in [0.15, 0.2) is 42.6 Å². The molecule has 3 saturated heterocycles. The number of amides is 5. The van der Waals surface area contributed by atoms with Crippen LogP contribution >= 0.6 is 11.6 Å². The maximum absolute atomic E-state index is 16.1. The largest absolute Gasteiger partial charge is 0.489 e. The summed E-state index contributed by atoms with van der Waals surface area (Å²) < 4.78 is 22.5. The van der Waals surface area contributed by atoms with E-state index in [1.807, 2.05) is 33.8 Å². The Morgan fingerprint density at radius 2 is 1.63 bits per heavy atom. The van der Waals surface area contributed by atoms with Crippen LogP contribution in [0.5, 0.6) is 5.75 Å². The molecule has 1 N–H and O–H groups in total. The normalized spacial score (nSPS) is 24.9. The highest BCUT2D eigenvalue weighted by atomic mass is 35.5. The van der Waals surface area contributed by atoms with Crippen LogP contribution in [-0.4, -0.2) is 99.6 Å². The van der Waals surface area contributed by atoms with Crippen molar-refractivity contribution in [3.05, 3.63) is 86.9 Å². The second kappa shape index (κ2) is 14.4. The molecule has 5 amide bonds. The van der Waals surface area contributed by atoms with Gasteiger partial charge in [-0.05, 0) is 68.6 Å². The lowest BCUT2D eigenvalue weighted by molar-refractivity contribution is -0.199. The molecule has 5 aliphatic heterocycles. The van der Waals surface area contributed by atoms with E-state index in [1.54, 1.807) is 35.2 Å². The smallest absolute Gasteiger partial charge is 0.262 e. The number of fused-ring (bicyclic) bond motifs is 2. The van der Waals surface area contributed by atoms with E-state index in [9.17, 15) is 29.2 Å². The summed E-state index contributed by atoms with van der Waals surface area (Å²) in [6.07, 6.45) is 2.97. The van der Waals surface area contributed by atoms with Gasteiger partial charge in [0, 0.05) is 71.9 Å². The standard InChI is InChI=1S/C45H43ClFN7O6/c1-44(2)42(45(3,4)43(44)60-28-8-6-25(19-48)33(46)18-28)53-23-32-31(39(53)57)20-49-34(37(32)47)10-5-24-13-15-51(16-14-24)27-21-52(22-27)26-7-9-29-30(17-26)41(59)54(40(29)58)35-11-12-36(55)50-38(35)56/h6-9,17-18,20,24,27,35,42-43H,11-16,21-23H2,1-4H3,(H,50,55,56)/t35?,42-,43-. The van der Waals surface area contributed by atoms with Crippen LogP contribution < -0.4 is 15.0 Å². The Labute approximate surface area is 351 Å². The Kier molecular flexibility index (Phi) is 9.52. The number of imide groups is 2. The maximum Gasteiger partial charge on any atom is 0.262 e. The second-order valence-corrected chi connectivity index (χ2v) is 18.3. The molecular weight excluding hydrogens is 789 g/mol.